The quantitative estimate of drug-likeness (QED) is 0.892. The summed E-state index contributed by atoms with van der Waals surface area (Å²) in [6.07, 6.45) is 0.0181. The third-order valence-corrected chi connectivity index (χ3v) is 3.40. The third-order valence-electron chi connectivity index (χ3n) is 3.40. The largest absolute Gasteiger partial charge is 0.363 e. The molecule has 2 aromatic carbocycles. The molecule has 3 heteroatoms. The van der Waals surface area contributed by atoms with Crippen molar-refractivity contribution >= 4 is 0 Å². The molecule has 0 saturated carbocycles. The van der Waals surface area contributed by atoms with E-state index >= 15 is 0 Å². The summed E-state index contributed by atoms with van der Waals surface area (Å²) in [4.78, 5) is 0. The molecule has 1 aliphatic heterocycles. The van der Waals surface area contributed by atoms with E-state index in [9.17, 15) is 4.39 Å². The fourth-order valence-electron chi connectivity index (χ4n) is 2.38. The highest BCUT2D eigenvalue weighted by molar-refractivity contribution is 5.22. The van der Waals surface area contributed by atoms with E-state index in [4.69, 9.17) is 4.74 Å². The first-order chi connectivity index (χ1) is 9.33. The maximum Gasteiger partial charge on any atom is 0.123 e. The molecule has 2 atom stereocenters. The molecule has 3 rings (SSSR count). The summed E-state index contributed by atoms with van der Waals surface area (Å²) in [7, 11) is 0. The van der Waals surface area contributed by atoms with Gasteiger partial charge in [0, 0.05) is 13.1 Å². The molecule has 2 aromatic rings. The zero-order valence-corrected chi connectivity index (χ0v) is 10.6. The average Bonchev–Trinajstić information content (AvgIpc) is 2.49. The van der Waals surface area contributed by atoms with Crippen molar-refractivity contribution in [3.8, 4) is 0 Å². The van der Waals surface area contributed by atoms with E-state index in [2.05, 4.69) is 17.4 Å². The SMILES string of the molecule is Fc1ccc([C@H]2CNC[C@@H](c3ccccc3)O2)cc1. The van der Waals surface area contributed by atoms with Gasteiger partial charge in [-0.1, -0.05) is 42.5 Å². The minimum atomic E-state index is -0.216. The standard InChI is InChI=1S/C16H16FNO/c17-14-8-6-13(7-9-14)16-11-18-10-15(19-16)12-4-2-1-3-5-12/h1-9,15-16,18H,10-11H2/t15-,16+/m0/s1. The van der Waals surface area contributed by atoms with E-state index in [0.717, 1.165) is 18.7 Å². The molecule has 1 N–H and O–H groups in total. The maximum absolute atomic E-state index is 12.9. The fourth-order valence-corrected chi connectivity index (χ4v) is 2.38. The van der Waals surface area contributed by atoms with Crippen LogP contribution in [0, 0.1) is 5.82 Å². The van der Waals surface area contributed by atoms with Crippen LogP contribution in [0.2, 0.25) is 0 Å². The van der Waals surface area contributed by atoms with Crippen molar-refractivity contribution in [3.05, 3.63) is 71.5 Å². The lowest BCUT2D eigenvalue weighted by atomic mass is 10.0. The molecule has 1 saturated heterocycles. The first-order valence-electron chi connectivity index (χ1n) is 6.49. The monoisotopic (exact) mass is 257 g/mol. The number of hydrogen-bond donors (Lipinski definition) is 1. The van der Waals surface area contributed by atoms with Crippen molar-refractivity contribution in [2.24, 2.45) is 0 Å². The molecule has 98 valence electrons. The van der Waals surface area contributed by atoms with Gasteiger partial charge in [0.25, 0.3) is 0 Å². The van der Waals surface area contributed by atoms with Crippen LogP contribution < -0.4 is 5.32 Å². The Balaban J connectivity index is 1.76. The van der Waals surface area contributed by atoms with Crippen LogP contribution in [-0.2, 0) is 4.74 Å². The van der Waals surface area contributed by atoms with Crippen molar-refractivity contribution in [2.75, 3.05) is 13.1 Å². The fraction of sp³-hybridized carbons (Fsp3) is 0.250. The van der Waals surface area contributed by atoms with Gasteiger partial charge in [0.05, 0.1) is 12.2 Å². The number of rotatable bonds is 2. The van der Waals surface area contributed by atoms with Gasteiger partial charge in [-0.3, -0.25) is 0 Å². The maximum atomic E-state index is 12.9. The Bertz CT molecular complexity index is 526. The van der Waals surface area contributed by atoms with E-state index in [1.807, 2.05) is 18.2 Å². The number of hydrogen-bond acceptors (Lipinski definition) is 2. The lowest BCUT2D eigenvalue weighted by Crippen LogP contribution is -2.35. The van der Waals surface area contributed by atoms with E-state index in [1.165, 1.54) is 17.7 Å². The van der Waals surface area contributed by atoms with Crippen LogP contribution in [-0.4, -0.2) is 13.1 Å². The predicted molar refractivity (Wildman–Crippen MR) is 72.3 cm³/mol. The lowest BCUT2D eigenvalue weighted by Gasteiger charge is -2.31. The van der Waals surface area contributed by atoms with E-state index < -0.39 is 0 Å². The van der Waals surface area contributed by atoms with E-state index in [-0.39, 0.29) is 18.0 Å². The highest BCUT2D eigenvalue weighted by atomic mass is 19.1. The topological polar surface area (TPSA) is 21.3 Å². The average molecular weight is 257 g/mol. The Morgan fingerprint density at radius 3 is 2.05 bits per heavy atom. The molecule has 0 aliphatic carbocycles. The number of nitrogens with one attached hydrogen (secondary N) is 1. The van der Waals surface area contributed by atoms with Crippen molar-refractivity contribution in [1.82, 2.24) is 5.32 Å². The molecule has 0 amide bonds. The molecule has 0 spiro atoms. The molecule has 0 radical (unpaired) electrons. The van der Waals surface area contributed by atoms with Gasteiger partial charge < -0.3 is 10.1 Å². The van der Waals surface area contributed by atoms with Gasteiger partial charge in [-0.15, -0.1) is 0 Å². The molecular weight excluding hydrogens is 241 g/mol. The van der Waals surface area contributed by atoms with Crippen molar-refractivity contribution in [3.63, 3.8) is 0 Å². The summed E-state index contributed by atoms with van der Waals surface area (Å²) in [5.41, 5.74) is 2.18. The van der Waals surface area contributed by atoms with Gasteiger partial charge in [-0.25, -0.2) is 4.39 Å². The molecule has 0 bridgehead atoms. The number of benzene rings is 2. The molecule has 0 unspecified atom stereocenters. The van der Waals surface area contributed by atoms with Gasteiger partial charge in [0.2, 0.25) is 0 Å². The molecule has 2 nitrogen and oxygen atoms in total. The van der Waals surface area contributed by atoms with E-state index in [0.29, 0.717) is 0 Å². The van der Waals surface area contributed by atoms with Crippen LogP contribution in [0.1, 0.15) is 23.3 Å². The summed E-state index contributed by atoms with van der Waals surface area (Å²) in [5, 5.41) is 3.38. The first kappa shape index (κ1) is 12.3. The molecule has 1 aliphatic rings. The second kappa shape index (κ2) is 5.51. The molecule has 19 heavy (non-hydrogen) atoms. The summed E-state index contributed by atoms with van der Waals surface area (Å²) in [6.45, 7) is 1.57. The Morgan fingerprint density at radius 2 is 1.42 bits per heavy atom. The van der Waals surface area contributed by atoms with Crippen molar-refractivity contribution < 1.29 is 9.13 Å². The number of ether oxygens (including phenoxy) is 1. The van der Waals surface area contributed by atoms with Crippen molar-refractivity contribution in [2.45, 2.75) is 12.2 Å². The van der Waals surface area contributed by atoms with Crippen LogP contribution in [0.25, 0.3) is 0 Å². The Kier molecular flexibility index (Phi) is 3.58. The van der Waals surface area contributed by atoms with Gasteiger partial charge in [0.15, 0.2) is 0 Å². The van der Waals surface area contributed by atoms with Crippen molar-refractivity contribution in [1.29, 1.82) is 0 Å². The van der Waals surface area contributed by atoms with Gasteiger partial charge in [0.1, 0.15) is 5.82 Å². The smallest absolute Gasteiger partial charge is 0.123 e. The van der Waals surface area contributed by atoms with Crippen LogP contribution in [0.3, 0.4) is 0 Å². The third kappa shape index (κ3) is 2.83. The van der Waals surface area contributed by atoms with Crippen LogP contribution >= 0.6 is 0 Å². The predicted octanol–water partition coefficient (Wildman–Crippen LogP) is 3.23. The lowest BCUT2D eigenvalue weighted by molar-refractivity contribution is -0.0406. The number of halogens is 1. The highest BCUT2D eigenvalue weighted by Gasteiger charge is 2.24. The molecular formula is C16H16FNO. The minimum Gasteiger partial charge on any atom is -0.363 e. The molecule has 0 aromatic heterocycles. The zero-order chi connectivity index (χ0) is 13.1. The Morgan fingerprint density at radius 1 is 0.842 bits per heavy atom. The van der Waals surface area contributed by atoms with Gasteiger partial charge >= 0.3 is 0 Å². The van der Waals surface area contributed by atoms with Crippen LogP contribution in [0.5, 0.6) is 0 Å². The summed E-state index contributed by atoms with van der Waals surface area (Å²) in [5.74, 6) is -0.216. The second-order valence-electron chi connectivity index (χ2n) is 4.73. The zero-order valence-electron chi connectivity index (χ0n) is 10.6. The molecule has 1 heterocycles. The normalized spacial score (nSPS) is 23.2. The van der Waals surface area contributed by atoms with Crippen LogP contribution in [0.4, 0.5) is 4.39 Å². The van der Waals surface area contributed by atoms with Gasteiger partial charge in [-0.05, 0) is 23.3 Å². The van der Waals surface area contributed by atoms with E-state index in [1.54, 1.807) is 12.1 Å². The first-order valence-corrected chi connectivity index (χ1v) is 6.49. The summed E-state index contributed by atoms with van der Waals surface area (Å²) < 4.78 is 19.1. The second-order valence-corrected chi connectivity index (χ2v) is 4.73. The summed E-state index contributed by atoms with van der Waals surface area (Å²) in [6, 6.07) is 16.7. The van der Waals surface area contributed by atoms with Gasteiger partial charge in [-0.2, -0.15) is 0 Å². The minimum absolute atomic E-state index is 0.0282. The molecule has 1 fully saturated rings. The summed E-state index contributed by atoms with van der Waals surface area (Å²) >= 11 is 0. The Hall–Kier alpha value is -1.71. The number of morpholine rings is 1. The highest BCUT2D eigenvalue weighted by Crippen LogP contribution is 2.29. The van der Waals surface area contributed by atoms with Crippen LogP contribution in [0.15, 0.2) is 54.6 Å². The Labute approximate surface area is 112 Å².